The lowest BCUT2D eigenvalue weighted by Crippen LogP contribution is -2.69. The van der Waals surface area contributed by atoms with E-state index in [1.54, 1.807) is 0 Å². The topological polar surface area (TPSA) is 275 Å². The Labute approximate surface area is 267 Å². The fourth-order valence-electron chi connectivity index (χ4n) is 6.02. The van der Waals surface area contributed by atoms with Gasteiger partial charge in [-0.3, -0.25) is 0 Å². The van der Waals surface area contributed by atoms with Gasteiger partial charge in [-0.2, -0.15) is 0 Å². The first-order chi connectivity index (χ1) is 22.0. The summed E-state index contributed by atoms with van der Waals surface area (Å²) in [5, 5.41) is 86.1. The van der Waals surface area contributed by atoms with Gasteiger partial charge in [-0.1, -0.05) is 12.1 Å². The van der Waals surface area contributed by atoms with Gasteiger partial charge in [0.15, 0.2) is 18.9 Å². The Hall–Kier alpha value is -1.62. The molecule has 46 heavy (non-hydrogen) atoms. The number of aliphatic hydroxyl groups excluding tert-OH is 8. The van der Waals surface area contributed by atoms with Gasteiger partial charge in [0, 0.05) is 25.3 Å². The Morgan fingerprint density at radius 1 is 0.696 bits per heavy atom. The minimum Gasteiger partial charge on any atom is -0.394 e. The molecule has 3 fully saturated rings. The van der Waals surface area contributed by atoms with Crippen LogP contribution >= 0.6 is 0 Å². The van der Waals surface area contributed by atoms with Gasteiger partial charge in [-0.15, -0.1) is 0 Å². The van der Waals surface area contributed by atoms with E-state index in [-0.39, 0.29) is 6.54 Å². The highest BCUT2D eigenvalue weighted by Gasteiger charge is 2.53. The molecule has 17 nitrogen and oxygen atoms in total. The summed E-state index contributed by atoms with van der Waals surface area (Å²) in [6.07, 6.45) is -16.8. The van der Waals surface area contributed by atoms with Crippen LogP contribution in [-0.2, 0) is 30.2 Å². The Bertz CT molecular complexity index is 1050. The lowest BCUT2D eigenvalue weighted by atomic mass is 9.94. The number of nitrogens with two attached hydrogens (primary N) is 2. The zero-order chi connectivity index (χ0) is 33.7. The van der Waals surface area contributed by atoms with E-state index in [4.69, 9.17) is 35.2 Å². The molecule has 264 valence electrons. The Morgan fingerprint density at radius 3 is 1.83 bits per heavy atom. The molecule has 4 rings (SSSR count). The average Bonchev–Trinajstić information content (AvgIpc) is 3.06. The molecular weight excluding hydrogens is 612 g/mol. The second-order valence-electron chi connectivity index (χ2n) is 11.8. The molecule has 3 aliphatic rings. The SMILES string of the molecule is CCN(CC)c1ccc(CN[C@H]2[C@H](OC3[C@@H](CO)O[C@@H](O)[C@H](N)[C@H]3O)O[C@H](CO)C(O[C@@H]3O[C@H](CO)[C@@H](O)[C@H](O)[C@H]3N)[C@@H]2O)cc1. The number of ether oxygens (including phenoxy) is 5. The molecule has 1 aromatic carbocycles. The molecule has 15 atom stereocenters. The van der Waals surface area contributed by atoms with E-state index in [0.717, 1.165) is 24.3 Å². The number of nitrogens with one attached hydrogen (secondary N) is 1. The maximum atomic E-state index is 11.7. The smallest absolute Gasteiger partial charge is 0.176 e. The molecule has 3 aliphatic heterocycles. The molecule has 0 radical (unpaired) electrons. The summed E-state index contributed by atoms with van der Waals surface area (Å²) < 4.78 is 29.0. The summed E-state index contributed by atoms with van der Waals surface area (Å²) in [5.41, 5.74) is 13.8. The molecule has 3 saturated heterocycles. The van der Waals surface area contributed by atoms with Gasteiger partial charge in [0.1, 0.15) is 54.9 Å². The van der Waals surface area contributed by atoms with E-state index in [1.807, 2.05) is 24.3 Å². The van der Waals surface area contributed by atoms with Gasteiger partial charge in [0.2, 0.25) is 0 Å². The molecule has 0 amide bonds. The fourth-order valence-corrected chi connectivity index (χ4v) is 6.02. The molecule has 3 heterocycles. The van der Waals surface area contributed by atoms with Gasteiger partial charge in [-0.25, -0.2) is 0 Å². The Morgan fingerprint density at radius 2 is 1.24 bits per heavy atom. The lowest BCUT2D eigenvalue weighted by molar-refractivity contribution is -0.350. The van der Waals surface area contributed by atoms with E-state index < -0.39 is 112 Å². The molecule has 0 saturated carbocycles. The third-order valence-electron chi connectivity index (χ3n) is 8.89. The van der Waals surface area contributed by atoms with Gasteiger partial charge in [-0.05, 0) is 31.5 Å². The van der Waals surface area contributed by atoms with E-state index >= 15 is 0 Å². The summed E-state index contributed by atoms with van der Waals surface area (Å²) in [6.45, 7) is 3.99. The maximum Gasteiger partial charge on any atom is 0.176 e. The molecular formula is C29H50N4O13. The first kappa shape index (κ1) is 37.2. The second-order valence-corrected chi connectivity index (χ2v) is 11.8. The highest BCUT2D eigenvalue weighted by Crippen LogP contribution is 2.32. The summed E-state index contributed by atoms with van der Waals surface area (Å²) in [7, 11) is 0. The molecule has 0 aliphatic carbocycles. The van der Waals surface area contributed by atoms with E-state index in [1.165, 1.54) is 0 Å². The Balaban J connectivity index is 1.59. The average molecular weight is 663 g/mol. The minimum absolute atomic E-state index is 0.197. The van der Waals surface area contributed by atoms with Crippen LogP contribution in [0.1, 0.15) is 19.4 Å². The van der Waals surface area contributed by atoms with Gasteiger partial charge >= 0.3 is 0 Å². The van der Waals surface area contributed by atoms with Crippen LogP contribution < -0.4 is 21.7 Å². The van der Waals surface area contributed by atoms with Crippen molar-refractivity contribution in [2.45, 2.75) is 112 Å². The summed E-state index contributed by atoms with van der Waals surface area (Å²) in [4.78, 5) is 2.18. The number of hydrogen-bond acceptors (Lipinski definition) is 17. The van der Waals surface area contributed by atoms with Crippen LogP contribution in [0.5, 0.6) is 0 Å². The highest BCUT2D eigenvalue weighted by molar-refractivity contribution is 5.47. The van der Waals surface area contributed by atoms with E-state index in [2.05, 4.69) is 24.1 Å². The molecule has 17 heteroatoms. The number of hydrogen-bond donors (Lipinski definition) is 11. The summed E-state index contributed by atoms with van der Waals surface area (Å²) in [6, 6.07) is 4.06. The van der Waals surface area contributed by atoms with Crippen molar-refractivity contribution in [2.24, 2.45) is 11.5 Å². The molecule has 13 N–H and O–H groups in total. The number of aliphatic hydroxyl groups is 8. The zero-order valence-electron chi connectivity index (χ0n) is 25.9. The first-order valence-corrected chi connectivity index (χ1v) is 15.6. The molecule has 0 aromatic heterocycles. The van der Waals surface area contributed by atoms with Crippen molar-refractivity contribution in [3.63, 3.8) is 0 Å². The van der Waals surface area contributed by atoms with Crippen LogP contribution in [0.2, 0.25) is 0 Å². The first-order valence-electron chi connectivity index (χ1n) is 15.6. The highest BCUT2D eigenvalue weighted by atomic mass is 16.7. The normalized spacial score (nSPS) is 41.8. The largest absolute Gasteiger partial charge is 0.394 e. The standard InChI is InChI=1S/C29H50N4O13/c1-3-33(4-2)14-7-5-13(6-8-14)9-32-20-24(40)26(45-28-19(31)22(38)21(37)15(10-34)43-28)17(12-36)44-29(20)46-25-16(11-35)42-27(41)18(30)23(25)39/h5-8,15-29,32,34-41H,3-4,9-12,30-31H2,1-2H3/t15-,16-,17-,18-,19-,20-,21-,22-,23-,24-,25?,26?,27-,28+,29+/m1/s1. The molecule has 2 unspecified atom stereocenters. The molecule has 0 spiro atoms. The van der Waals surface area contributed by atoms with Crippen LogP contribution in [0.15, 0.2) is 24.3 Å². The van der Waals surface area contributed by atoms with Crippen molar-refractivity contribution in [1.29, 1.82) is 0 Å². The predicted octanol–water partition coefficient (Wildman–Crippen LogP) is -5.00. The quantitative estimate of drug-likeness (QED) is 0.0943. The third-order valence-corrected chi connectivity index (χ3v) is 8.89. The molecule has 0 bridgehead atoms. The monoisotopic (exact) mass is 662 g/mol. The van der Waals surface area contributed by atoms with Gasteiger partial charge in [0.25, 0.3) is 0 Å². The Kier molecular flexibility index (Phi) is 13.5. The molecule has 1 aromatic rings. The summed E-state index contributed by atoms with van der Waals surface area (Å²) >= 11 is 0. The fraction of sp³-hybridized carbons (Fsp3) is 0.793. The van der Waals surface area contributed by atoms with E-state index in [0.29, 0.717) is 0 Å². The number of benzene rings is 1. The van der Waals surface area contributed by atoms with Crippen molar-refractivity contribution in [3.05, 3.63) is 29.8 Å². The summed E-state index contributed by atoms with van der Waals surface area (Å²) in [5.74, 6) is 0. The van der Waals surface area contributed by atoms with Crippen molar-refractivity contribution >= 4 is 5.69 Å². The number of anilines is 1. The number of nitrogens with zero attached hydrogens (tertiary/aromatic N) is 1. The second kappa shape index (κ2) is 16.7. The maximum absolute atomic E-state index is 11.7. The van der Waals surface area contributed by atoms with Crippen LogP contribution in [0.4, 0.5) is 5.69 Å². The lowest BCUT2D eigenvalue weighted by Gasteiger charge is -2.49. The third kappa shape index (κ3) is 7.98. The van der Waals surface area contributed by atoms with Gasteiger partial charge < -0.3 is 86.2 Å². The van der Waals surface area contributed by atoms with Crippen molar-refractivity contribution in [1.82, 2.24) is 5.32 Å². The van der Waals surface area contributed by atoms with Gasteiger partial charge in [0.05, 0.1) is 37.9 Å². The zero-order valence-corrected chi connectivity index (χ0v) is 25.9. The number of rotatable bonds is 13. The van der Waals surface area contributed by atoms with Crippen LogP contribution in [0.25, 0.3) is 0 Å². The van der Waals surface area contributed by atoms with E-state index in [9.17, 15) is 40.9 Å². The van der Waals surface area contributed by atoms with Crippen LogP contribution in [0, 0.1) is 0 Å². The van der Waals surface area contributed by atoms with Crippen LogP contribution in [-0.4, -0.2) is 166 Å². The minimum atomic E-state index is -1.57. The van der Waals surface area contributed by atoms with Crippen molar-refractivity contribution < 1.29 is 64.5 Å². The van der Waals surface area contributed by atoms with Crippen molar-refractivity contribution in [3.8, 4) is 0 Å². The predicted molar refractivity (Wildman–Crippen MR) is 160 cm³/mol. The van der Waals surface area contributed by atoms with Crippen molar-refractivity contribution in [2.75, 3.05) is 37.8 Å². The van der Waals surface area contributed by atoms with Crippen LogP contribution in [0.3, 0.4) is 0 Å².